The number of hydrogen-bond acceptors (Lipinski definition) is 5. The molecule has 2 rings (SSSR count). The minimum atomic E-state index is -1.49. The predicted molar refractivity (Wildman–Crippen MR) is 68.4 cm³/mol. The zero-order valence-corrected chi connectivity index (χ0v) is 10.7. The summed E-state index contributed by atoms with van der Waals surface area (Å²) in [7, 11) is 0. The van der Waals surface area contributed by atoms with Gasteiger partial charge in [-0.1, -0.05) is 12.1 Å². The molecule has 1 aliphatic rings. The molecular formula is C13H10N2O6. The molecule has 1 aromatic carbocycles. The number of carbonyl (C=O) groups excluding carboxylic acids is 3. The van der Waals surface area contributed by atoms with Gasteiger partial charge in [-0.15, -0.1) is 4.91 Å². The molecule has 0 bridgehead atoms. The highest BCUT2D eigenvalue weighted by molar-refractivity contribution is 6.22. The van der Waals surface area contributed by atoms with E-state index in [0.717, 1.165) is 0 Å². The van der Waals surface area contributed by atoms with Gasteiger partial charge in [0.15, 0.2) is 0 Å². The topological polar surface area (TPSA) is 121 Å². The van der Waals surface area contributed by atoms with E-state index in [4.69, 9.17) is 5.11 Å². The van der Waals surface area contributed by atoms with Crippen molar-refractivity contribution >= 4 is 23.7 Å². The van der Waals surface area contributed by atoms with Crippen molar-refractivity contribution in [2.24, 2.45) is 5.18 Å². The second-order valence-electron chi connectivity index (χ2n) is 4.40. The molecule has 0 radical (unpaired) electrons. The molecule has 0 aromatic heterocycles. The van der Waals surface area contributed by atoms with Gasteiger partial charge in [-0.05, 0) is 18.6 Å². The lowest BCUT2D eigenvalue weighted by molar-refractivity contribution is -0.137. The Morgan fingerprint density at radius 2 is 1.67 bits per heavy atom. The number of rotatable bonds is 5. The molecule has 8 nitrogen and oxygen atoms in total. The molecule has 0 aliphatic carbocycles. The maximum atomic E-state index is 12.2. The average molecular weight is 290 g/mol. The normalized spacial score (nSPS) is 14.8. The summed E-state index contributed by atoms with van der Waals surface area (Å²) < 4.78 is 0. The third-order valence-electron chi connectivity index (χ3n) is 3.14. The summed E-state index contributed by atoms with van der Waals surface area (Å²) in [4.78, 5) is 57.5. The van der Waals surface area contributed by atoms with E-state index < -0.39 is 36.2 Å². The summed E-state index contributed by atoms with van der Waals surface area (Å²) in [5.74, 6) is -3.92. The maximum Gasteiger partial charge on any atom is 0.309 e. The fourth-order valence-corrected chi connectivity index (χ4v) is 2.17. The Kier molecular flexibility index (Phi) is 3.88. The van der Waals surface area contributed by atoms with Crippen LogP contribution in [0.5, 0.6) is 0 Å². The maximum absolute atomic E-state index is 12.2. The van der Waals surface area contributed by atoms with E-state index in [1.54, 1.807) is 12.1 Å². The molecule has 0 unspecified atom stereocenters. The van der Waals surface area contributed by atoms with Crippen LogP contribution in [0.15, 0.2) is 29.4 Å². The Morgan fingerprint density at radius 1 is 1.14 bits per heavy atom. The molecule has 1 aliphatic heterocycles. The van der Waals surface area contributed by atoms with Gasteiger partial charge in [0.25, 0.3) is 11.8 Å². The fourth-order valence-electron chi connectivity index (χ4n) is 2.17. The van der Waals surface area contributed by atoms with Crippen LogP contribution >= 0.6 is 0 Å². The molecule has 1 atom stereocenters. The van der Waals surface area contributed by atoms with Gasteiger partial charge in [-0.25, -0.2) is 0 Å². The van der Waals surface area contributed by atoms with Gasteiger partial charge >= 0.3 is 11.9 Å². The first-order valence-electron chi connectivity index (χ1n) is 6.03. The van der Waals surface area contributed by atoms with Crippen LogP contribution in [-0.4, -0.2) is 39.7 Å². The van der Waals surface area contributed by atoms with E-state index in [-0.39, 0.29) is 17.5 Å². The Hall–Kier alpha value is -2.90. The van der Waals surface area contributed by atoms with Crippen LogP contribution in [0.3, 0.4) is 0 Å². The quantitative estimate of drug-likeness (QED) is 0.632. The number of amides is 3. The Labute approximate surface area is 118 Å². The largest absolute Gasteiger partial charge is 0.481 e. The number of carbonyl (C=O) groups is 4. The summed E-state index contributed by atoms with van der Waals surface area (Å²) in [5, 5.41) is 10.9. The van der Waals surface area contributed by atoms with Crippen molar-refractivity contribution in [2.45, 2.75) is 18.9 Å². The molecule has 0 saturated carbocycles. The summed E-state index contributed by atoms with van der Waals surface area (Å²) in [6.07, 6.45) is -0.829. The van der Waals surface area contributed by atoms with Gasteiger partial charge < -0.3 is 5.11 Å². The number of nitrogens with zero attached hydrogens (tertiary/aromatic N) is 2. The van der Waals surface area contributed by atoms with Crippen molar-refractivity contribution in [2.75, 3.05) is 0 Å². The molecule has 1 aromatic rings. The van der Waals surface area contributed by atoms with Crippen molar-refractivity contribution < 1.29 is 24.3 Å². The van der Waals surface area contributed by atoms with E-state index in [0.29, 0.717) is 4.90 Å². The fraction of sp³-hybridized carbons (Fsp3) is 0.231. The minimum absolute atomic E-state index is 0.113. The number of imide groups is 1. The van der Waals surface area contributed by atoms with Gasteiger partial charge in [0, 0.05) is 11.6 Å². The van der Waals surface area contributed by atoms with Gasteiger partial charge in [0.05, 0.1) is 11.1 Å². The Bertz CT molecular complexity index is 619. The van der Waals surface area contributed by atoms with Gasteiger partial charge in [-0.2, -0.15) is 0 Å². The minimum Gasteiger partial charge on any atom is -0.481 e. The summed E-state index contributed by atoms with van der Waals surface area (Å²) in [6, 6.07) is 4.45. The highest BCUT2D eigenvalue weighted by Crippen LogP contribution is 2.26. The molecule has 1 heterocycles. The third kappa shape index (κ3) is 2.55. The van der Waals surface area contributed by atoms with Crippen molar-refractivity contribution in [3.05, 3.63) is 40.3 Å². The monoisotopic (exact) mass is 290 g/mol. The van der Waals surface area contributed by atoms with E-state index in [1.165, 1.54) is 12.1 Å². The summed E-state index contributed by atoms with van der Waals surface area (Å²) in [6.45, 7) is 0. The Balaban J connectivity index is 2.36. The number of carboxylic acid groups (broad SMARTS) is 1. The van der Waals surface area contributed by atoms with E-state index in [9.17, 15) is 24.1 Å². The second-order valence-corrected chi connectivity index (χ2v) is 4.40. The third-order valence-corrected chi connectivity index (χ3v) is 3.14. The van der Waals surface area contributed by atoms with Crippen LogP contribution in [0.4, 0.5) is 0 Å². The van der Waals surface area contributed by atoms with Gasteiger partial charge in [0.2, 0.25) is 0 Å². The number of fused-ring (bicyclic) bond motifs is 1. The van der Waals surface area contributed by atoms with Crippen LogP contribution in [0.1, 0.15) is 33.6 Å². The number of nitroso groups, excluding NO2 is 1. The standard InChI is InChI=1S/C13H10N2O6/c16-10(17)6-5-9(11(18)14-21)15-12(19)7-3-1-2-4-8(7)13(15)20/h1-4,9H,5-6H2,(H,16,17)/t9-/m0/s1. The highest BCUT2D eigenvalue weighted by atomic mass is 16.4. The van der Waals surface area contributed by atoms with Crippen molar-refractivity contribution in [3.8, 4) is 0 Å². The molecule has 8 heteroatoms. The van der Waals surface area contributed by atoms with Crippen LogP contribution in [0, 0.1) is 4.91 Å². The lowest BCUT2D eigenvalue weighted by atomic mass is 10.1. The molecule has 21 heavy (non-hydrogen) atoms. The smallest absolute Gasteiger partial charge is 0.309 e. The molecule has 0 fully saturated rings. The Morgan fingerprint density at radius 3 is 2.10 bits per heavy atom. The van der Waals surface area contributed by atoms with Gasteiger partial charge in [-0.3, -0.25) is 24.1 Å². The lowest BCUT2D eigenvalue weighted by Crippen LogP contribution is -2.44. The number of carboxylic acids is 1. The number of hydrogen-bond donors (Lipinski definition) is 1. The number of benzene rings is 1. The average Bonchev–Trinajstić information content (AvgIpc) is 2.72. The van der Waals surface area contributed by atoms with Gasteiger partial charge in [0.1, 0.15) is 6.04 Å². The summed E-state index contributed by atoms with van der Waals surface area (Å²) >= 11 is 0. The zero-order chi connectivity index (χ0) is 15.6. The molecule has 1 N–H and O–H groups in total. The lowest BCUT2D eigenvalue weighted by Gasteiger charge is -2.21. The van der Waals surface area contributed by atoms with Crippen molar-refractivity contribution in [3.63, 3.8) is 0 Å². The molecule has 0 saturated heterocycles. The SMILES string of the molecule is O=NC(=O)[C@H](CCC(=O)O)N1C(=O)c2ccccc2C1=O. The van der Waals surface area contributed by atoms with Crippen molar-refractivity contribution in [1.82, 2.24) is 4.90 Å². The van der Waals surface area contributed by atoms with Crippen molar-refractivity contribution in [1.29, 1.82) is 0 Å². The van der Waals surface area contributed by atoms with Crippen LogP contribution < -0.4 is 0 Å². The first-order chi connectivity index (χ1) is 9.97. The van der Waals surface area contributed by atoms with E-state index in [1.807, 2.05) is 0 Å². The zero-order valence-electron chi connectivity index (χ0n) is 10.7. The number of aliphatic carboxylic acids is 1. The highest BCUT2D eigenvalue weighted by Gasteiger charge is 2.43. The van der Waals surface area contributed by atoms with Crippen LogP contribution in [-0.2, 0) is 9.59 Å². The molecule has 108 valence electrons. The molecule has 3 amide bonds. The second kappa shape index (κ2) is 5.61. The van der Waals surface area contributed by atoms with E-state index in [2.05, 4.69) is 5.18 Å². The van der Waals surface area contributed by atoms with E-state index >= 15 is 0 Å². The predicted octanol–water partition coefficient (Wildman–Crippen LogP) is 0.809. The molecule has 0 spiro atoms. The first-order valence-corrected chi connectivity index (χ1v) is 6.03. The van der Waals surface area contributed by atoms with Crippen LogP contribution in [0.2, 0.25) is 0 Å². The molecular weight excluding hydrogens is 280 g/mol. The van der Waals surface area contributed by atoms with Crippen LogP contribution in [0.25, 0.3) is 0 Å². The first kappa shape index (κ1) is 14.5. The summed E-state index contributed by atoms with van der Waals surface area (Å²) in [5.41, 5.74) is 0.225.